The van der Waals surface area contributed by atoms with Gasteiger partial charge in [-0.15, -0.1) is 0 Å². The zero-order valence-electron chi connectivity index (χ0n) is 6.35. The number of hydrogen-bond donors (Lipinski definition) is 0. The summed E-state index contributed by atoms with van der Waals surface area (Å²) in [6.07, 6.45) is 0. The van der Waals surface area contributed by atoms with Gasteiger partial charge in [0.05, 0.1) is 4.32 Å². The Kier molecular flexibility index (Phi) is 3.14. The summed E-state index contributed by atoms with van der Waals surface area (Å²) in [5, 5.41) is 0.921. The molecule has 0 radical (unpaired) electrons. The molecule has 60 valence electrons. The van der Waals surface area contributed by atoms with Gasteiger partial charge in [0.25, 0.3) is 0 Å². The lowest BCUT2D eigenvalue weighted by Gasteiger charge is -2.19. The van der Waals surface area contributed by atoms with Gasteiger partial charge in [-0.25, -0.2) is 0 Å². The van der Waals surface area contributed by atoms with Crippen LogP contribution in [0.4, 0.5) is 0 Å². The molecule has 0 aliphatic heterocycles. The average Bonchev–Trinajstić information content (AvgIpc) is 2.06. The van der Waals surface area contributed by atoms with Gasteiger partial charge in [0, 0.05) is 5.33 Å². The first-order chi connectivity index (χ1) is 5.17. The fraction of sp³-hybridized carbons (Fsp3) is 0.333. The van der Waals surface area contributed by atoms with Crippen LogP contribution in [-0.4, -0.2) is 5.33 Å². The van der Waals surface area contributed by atoms with Gasteiger partial charge in [-0.1, -0.05) is 62.2 Å². The molecular formula is C9H10Br2. The second kappa shape index (κ2) is 3.72. The van der Waals surface area contributed by atoms with Crippen molar-refractivity contribution in [2.75, 3.05) is 5.33 Å². The molecule has 0 fully saturated rings. The molecule has 0 unspecified atom stereocenters. The Bertz CT molecular complexity index is 216. The first kappa shape index (κ1) is 9.27. The van der Waals surface area contributed by atoms with E-state index < -0.39 is 0 Å². The molecule has 11 heavy (non-hydrogen) atoms. The maximum Gasteiger partial charge on any atom is 0.0574 e. The molecular weight excluding hydrogens is 268 g/mol. The number of hydrogen-bond acceptors (Lipinski definition) is 0. The third-order valence-corrected chi connectivity index (χ3v) is 4.24. The van der Waals surface area contributed by atoms with Crippen molar-refractivity contribution in [3.05, 3.63) is 35.9 Å². The maximum absolute atomic E-state index is 3.64. The second-order valence-corrected chi connectivity index (χ2v) is 5.01. The van der Waals surface area contributed by atoms with E-state index in [0.717, 1.165) is 5.33 Å². The fourth-order valence-electron chi connectivity index (χ4n) is 0.863. The van der Waals surface area contributed by atoms with Crippen LogP contribution in [0, 0.1) is 0 Å². The topological polar surface area (TPSA) is 0 Å². The van der Waals surface area contributed by atoms with Crippen molar-refractivity contribution < 1.29 is 0 Å². The van der Waals surface area contributed by atoms with Crippen LogP contribution in [0.3, 0.4) is 0 Å². The molecule has 0 spiro atoms. The van der Waals surface area contributed by atoms with Gasteiger partial charge in [-0.05, 0) is 12.5 Å². The summed E-state index contributed by atoms with van der Waals surface area (Å²) in [6.45, 7) is 2.15. The highest BCUT2D eigenvalue weighted by atomic mass is 79.9. The molecule has 0 saturated heterocycles. The summed E-state index contributed by atoms with van der Waals surface area (Å²) < 4.78 is 0.0638. The van der Waals surface area contributed by atoms with Gasteiger partial charge in [0.15, 0.2) is 0 Å². The Morgan fingerprint density at radius 3 is 2.27 bits per heavy atom. The second-order valence-electron chi connectivity index (χ2n) is 2.70. The Labute approximate surface area is 84.3 Å². The lowest BCUT2D eigenvalue weighted by molar-refractivity contribution is 0.824. The van der Waals surface area contributed by atoms with E-state index in [1.54, 1.807) is 0 Å². The SMILES string of the molecule is C[C@](Br)(CBr)c1ccccc1. The van der Waals surface area contributed by atoms with Gasteiger partial charge < -0.3 is 0 Å². The van der Waals surface area contributed by atoms with Gasteiger partial charge in [0.1, 0.15) is 0 Å². The quantitative estimate of drug-likeness (QED) is 0.724. The van der Waals surface area contributed by atoms with Crippen LogP contribution in [0.2, 0.25) is 0 Å². The van der Waals surface area contributed by atoms with Crippen LogP contribution >= 0.6 is 31.9 Å². The van der Waals surface area contributed by atoms with Gasteiger partial charge in [-0.2, -0.15) is 0 Å². The zero-order chi connectivity index (χ0) is 8.32. The normalized spacial score (nSPS) is 15.9. The monoisotopic (exact) mass is 276 g/mol. The molecule has 1 aromatic rings. The fourth-order valence-corrected chi connectivity index (χ4v) is 1.45. The molecule has 0 aliphatic carbocycles. The first-order valence-electron chi connectivity index (χ1n) is 3.47. The minimum atomic E-state index is 0.0638. The van der Waals surface area contributed by atoms with E-state index in [1.165, 1.54) is 5.56 Å². The summed E-state index contributed by atoms with van der Waals surface area (Å²) in [4.78, 5) is 0. The average molecular weight is 278 g/mol. The molecule has 0 amide bonds. The highest BCUT2D eigenvalue weighted by Gasteiger charge is 2.19. The van der Waals surface area contributed by atoms with Crippen LogP contribution in [0.5, 0.6) is 0 Å². The summed E-state index contributed by atoms with van der Waals surface area (Å²) in [5.74, 6) is 0. The molecule has 0 N–H and O–H groups in total. The minimum Gasteiger partial charge on any atom is -0.0909 e. The van der Waals surface area contributed by atoms with E-state index in [-0.39, 0.29) is 4.32 Å². The van der Waals surface area contributed by atoms with E-state index in [1.807, 2.05) is 6.07 Å². The molecule has 0 aromatic heterocycles. The van der Waals surface area contributed by atoms with E-state index in [9.17, 15) is 0 Å². The Morgan fingerprint density at radius 2 is 1.82 bits per heavy atom. The minimum absolute atomic E-state index is 0.0638. The molecule has 0 heterocycles. The van der Waals surface area contributed by atoms with E-state index >= 15 is 0 Å². The summed E-state index contributed by atoms with van der Waals surface area (Å²) >= 11 is 7.10. The third-order valence-electron chi connectivity index (χ3n) is 1.63. The molecule has 0 bridgehead atoms. The zero-order valence-corrected chi connectivity index (χ0v) is 9.52. The maximum atomic E-state index is 3.64. The van der Waals surface area contributed by atoms with Crippen molar-refractivity contribution in [2.24, 2.45) is 0 Å². The molecule has 0 saturated carbocycles. The number of halogens is 2. The van der Waals surface area contributed by atoms with Gasteiger partial charge >= 0.3 is 0 Å². The summed E-state index contributed by atoms with van der Waals surface area (Å²) in [5.41, 5.74) is 1.30. The highest BCUT2D eigenvalue weighted by Crippen LogP contribution is 2.32. The van der Waals surface area contributed by atoms with E-state index in [4.69, 9.17) is 0 Å². The van der Waals surface area contributed by atoms with Crippen molar-refractivity contribution in [2.45, 2.75) is 11.2 Å². The smallest absolute Gasteiger partial charge is 0.0574 e. The summed E-state index contributed by atoms with van der Waals surface area (Å²) in [6, 6.07) is 10.4. The van der Waals surface area contributed by atoms with Crippen molar-refractivity contribution in [3.63, 3.8) is 0 Å². The van der Waals surface area contributed by atoms with Crippen molar-refractivity contribution in [1.29, 1.82) is 0 Å². The lowest BCUT2D eigenvalue weighted by atomic mass is 10.0. The van der Waals surface area contributed by atoms with Gasteiger partial charge in [-0.3, -0.25) is 0 Å². The molecule has 0 nitrogen and oxygen atoms in total. The predicted molar refractivity (Wildman–Crippen MR) is 56.5 cm³/mol. The Hall–Kier alpha value is 0.180. The molecule has 1 atom stereocenters. The highest BCUT2D eigenvalue weighted by molar-refractivity contribution is 9.12. The molecule has 0 aliphatic rings. The first-order valence-corrected chi connectivity index (χ1v) is 5.38. The predicted octanol–water partition coefficient (Wildman–Crippen LogP) is 3.69. The lowest BCUT2D eigenvalue weighted by Crippen LogP contribution is -2.13. The molecule has 2 heteroatoms. The number of benzene rings is 1. The van der Waals surface area contributed by atoms with Crippen LogP contribution in [0.25, 0.3) is 0 Å². The van der Waals surface area contributed by atoms with Gasteiger partial charge in [0.2, 0.25) is 0 Å². The van der Waals surface area contributed by atoms with Crippen LogP contribution in [-0.2, 0) is 4.32 Å². The van der Waals surface area contributed by atoms with Crippen LogP contribution in [0.1, 0.15) is 12.5 Å². The third kappa shape index (κ3) is 2.31. The number of alkyl halides is 2. The van der Waals surface area contributed by atoms with Crippen LogP contribution in [0.15, 0.2) is 30.3 Å². The van der Waals surface area contributed by atoms with E-state index in [0.29, 0.717) is 0 Å². The standard InChI is InChI=1S/C9H10Br2/c1-9(11,7-10)8-5-3-2-4-6-8/h2-6H,7H2,1H3/t9-/m0/s1. The van der Waals surface area contributed by atoms with Crippen molar-refractivity contribution in [1.82, 2.24) is 0 Å². The molecule has 1 aromatic carbocycles. The van der Waals surface area contributed by atoms with Crippen LogP contribution < -0.4 is 0 Å². The van der Waals surface area contributed by atoms with Crippen molar-refractivity contribution >= 4 is 31.9 Å². The Balaban J connectivity index is 2.93. The van der Waals surface area contributed by atoms with E-state index in [2.05, 4.69) is 63.0 Å². The largest absolute Gasteiger partial charge is 0.0909 e. The molecule has 1 rings (SSSR count). The summed E-state index contributed by atoms with van der Waals surface area (Å²) in [7, 11) is 0. The number of rotatable bonds is 2. The Morgan fingerprint density at radius 1 is 1.27 bits per heavy atom. The van der Waals surface area contributed by atoms with Crippen molar-refractivity contribution in [3.8, 4) is 0 Å².